The molecule has 7 nitrogen and oxygen atoms in total. The zero-order valence-electron chi connectivity index (χ0n) is 23.5. The number of ketones is 1. The van der Waals surface area contributed by atoms with Crippen LogP contribution in [0.1, 0.15) is 22.3 Å². The monoisotopic (exact) mass is 624 g/mol. The SMILES string of the molecule is C=CCOC(=O)N1CC2(Cc3ccc(C(F)(F)F)cc3)CN(C(=O)OCC=C)CC(Cc3ccc(C(F)(F)F)cc3)(C1)C2=O. The molecule has 0 radical (unpaired) electrons. The molecule has 2 heterocycles. The standard InChI is InChI=1S/C31H30F6N2O5/c1-3-13-43-26(41)38-17-28(15-21-5-9-23(10-6-21)30(32,33)34)19-39(27(42)44-14-4-2)20-29(18-38,25(28)40)16-22-7-11-24(12-8-22)31(35,36)37/h3-12H,1-2,13-20H2. The van der Waals surface area contributed by atoms with Crippen LogP contribution in [0, 0.1) is 10.8 Å². The number of Topliss-reactive ketones (excluding diaryl/α,β-unsaturated/α-hetero) is 1. The van der Waals surface area contributed by atoms with Gasteiger partial charge in [0.15, 0.2) is 5.78 Å². The van der Waals surface area contributed by atoms with Crippen molar-refractivity contribution in [3.05, 3.63) is 96.1 Å². The van der Waals surface area contributed by atoms with E-state index in [4.69, 9.17) is 9.47 Å². The molecule has 2 saturated heterocycles. The number of benzene rings is 2. The van der Waals surface area contributed by atoms with Crippen molar-refractivity contribution in [2.24, 2.45) is 10.8 Å². The molecule has 0 aromatic heterocycles. The number of nitrogens with zero attached hydrogens (tertiary/aromatic N) is 2. The summed E-state index contributed by atoms with van der Waals surface area (Å²) in [6.45, 7) is 5.82. The minimum Gasteiger partial charge on any atom is -0.445 e. The lowest BCUT2D eigenvalue weighted by atomic mass is 9.59. The molecular weight excluding hydrogens is 594 g/mol. The molecule has 0 spiro atoms. The Labute approximate surface area is 249 Å². The van der Waals surface area contributed by atoms with Crippen LogP contribution >= 0.6 is 0 Å². The van der Waals surface area contributed by atoms with Gasteiger partial charge in [-0.3, -0.25) is 4.79 Å². The molecule has 2 fully saturated rings. The molecule has 2 aromatic rings. The Hall–Kier alpha value is -4.29. The van der Waals surface area contributed by atoms with Gasteiger partial charge >= 0.3 is 24.5 Å². The molecule has 0 saturated carbocycles. The zero-order valence-corrected chi connectivity index (χ0v) is 23.5. The number of fused-ring (bicyclic) bond motifs is 2. The second kappa shape index (κ2) is 12.4. The summed E-state index contributed by atoms with van der Waals surface area (Å²) in [5.74, 6) is -0.370. The Morgan fingerprint density at radius 3 is 1.27 bits per heavy atom. The maximum absolute atomic E-state index is 14.5. The van der Waals surface area contributed by atoms with E-state index in [1.165, 1.54) is 46.2 Å². The Balaban J connectivity index is 1.80. The smallest absolute Gasteiger partial charge is 0.416 e. The minimum absolute atomic E-state index is 0.138. The predicted octanol–water partition coefficient (Wildman–Crippen LogP) is 6.33. The van der Waals surface area contributed by atoms with Crippen LogP contribution in [-0.2, 0) is 39.5 Å². The molecule has 13 heteroatoms. The number of ether oxygens (including phenoxy) is 2. The molecule has 2 aromatic carbocycles. The molecule has 2 bridgehead atoms. The molecule has 2 amide bonds. The van der Waals surface area contributed by atoms with E-state index in [0.717, 1.165) is 24.3 Å². The third-order valence-electron chi connectivity index (χ3n) is 7.75. The summed E-state index contributed by atoms with van der Waals surface area (Å²) >= 11 is 0. The lowest BCUT2D eigenvalue weighted by molar-refractivity contribution is -0.158. The molecule has 4 rings (SSSR count). The fourth-order valence-corrected chi connectivity index (χ4v) is 6.01. The highest BCUT2D eigenvalue weighted by molar-refractivity contribution is 5.96. The number of halogens is 6. The van der Waals surface area contributed by atoms with Crippen molar-refractivity contribution in [2.45, 2.75) is 25.2 Å². The first-order chi connectivity index (χ1) is 20.6. The number of rotatable bonds is 8. The van der Waals surface area contributed by atoms with E-state index in [-0.39, 0.29) is 58.0 Å². The molecular formula is C31H30F6N2O5. The summed E-state index contributed by atoms with van der Waals surface area (Å²) in [5.41, 5.74) is -4.11. The van der Waals surface area contributed by atoms with Crippen molar-refractivity contribution in [3.8, 4) is 0 Å². The highest BCUT2D eigenvalue weighted by Crippen LogP contribution is 2.47. The van der Waals surface area contributed by atoms with Crippen LogP contribution in [0.2, 0.25) is 0 Å². The average Bonchev–Trinajstić information content (AvgIpc) is 2.95. The van der Waals surface area contributed by atoms with Crippen LogP contribution in [0.4, 0.5) is 35.9 Å². The molecule has 0 atom stereocenters. The number of carbonyl (C=O) groups excluding carboxylic acids is 3. The van der Waals surface area contributed by atoms with Crippen molar-refractivity contribution >= 4 is 18.0 Å². The molecule has 0 N–H and O–H groups in total. The largest absolute Gasteiger partial charge is 0.445 e. The molecule has 2 aliphatic rings. The van der Waals surface area contributed by atoms with E-state index in [1.807, 2.05) is 0 Å². The van der Waals surface area contributed by atoms with E-state index in [1.54, 1.807) is 0 Å². The molecule has 44 heavy (non-hydrogen) atoms. The summed E-state index contributed by atoms with van der Waals surface area (Å²) < 4.78 is 89.9. The second-order valence-electron chi connectivity index (χ2n) is 11.1. The lowest BCUT2D eigenvalue weighted by Crippen LogP contribution is -2.72. The Morgan fingerprint density at radius 1 is 0.682 bits per heavy atom. The Bertz CT molecular complexity index is 1290. The number of likely N-dealkylation sites (tertiary alicyclic amines) is 2. The van der Waals surface area contributed by atoms with Crippen LogP contribution in [0.3, 0.4) is 0 Å². The first-order valence-electron chi connectivity index (χ1n) is 13.5. The van der Waals surface area contributed by atoms with Crippen molar-refractivity contribution in [1.29, 1.82) is 0 Å². The van der Waals surface area contributed by atoms with Crippen molar-refractivity contribution in [1.82, 2.24) is 9.80 Å². The van der Waals surface area contributed by atoms with Gasteiger partial charge < -0.3 is 19.3 Å². The van der Waals surface area contributed by atoms with E-state index < -0.39 is 46.5 Å². The summed E-state index contributed by atoms with van der Waals surface area (Å²) in [5, 5.41) is 0. The van der Waals surface area contributed by atoms with Crippen LogP contribution < -0.4 is 0 Å². The van der Waals surface area contributed by atoms with Gasteiger partial charge in [-0.15, -0.1) is 0 Å². The van der Waals surface area contributed by atoms with E-state index in [2.05, 4.69) is 13.2 Å². The minimum atomic E-state index is -4.59. The van der Waals surface area contributed by atoms with Crippen LogP contribution in [0.15, 0.2) is 73.8 Å². The van der Waals surface area contributed by atoms with Crippen LogP contribution in [0.25, 0.3) is 0 Å². The van der Waals surface area contributed by atoms with Crippen molar-refractivity contribution < 1.29 is 50.2 Å². The molecule has 0 aliphatic carbocycles. The van der Waals surface area contributed by atoms with Crippen molar-refractivity contribution in [2.75, 3.05) is 39.4 Å². The number of alkyl halides is 6. The third-order valence-corrected chi connectivity index (χ3v) is 7.75. The number of hydrogen-bond acceptors (Lipinski definition) is 5. The van der Waals surface area contributed by atoms with Crippen molar-refractivity contribution in [3.63, 3.8) is 0 Å². The fourth-order valence-electron chi connectivity index (χ4n) is 6.01. The first kappa shape index (κ1) is 32.6. The van der Waals surface area contributed by atoms with Gasteiger partial charge in [0.05, 0.1) is 22.0 Å². The maximum atomic E-state index is 14.5. The highest BCUT2D eigenvalue weighted by atomic mass is 19.4. The van der Waals surface area contributed by atoms with Gasteiger partial charge in [-0.05, 0) is 48.2 Å². The lowest BCUT2D eigenvalue weighted by Gasteiger charge is -2.56. The molecule has 0 unspecified atom stereocenters. The van der Waals surface area contributed by atoms with E-state index in [9.17, 15) is 40.7 Å². The van der Waals surface area contributed by atoms with Gasteiger partial charge in [0.25, 0.3) is 0 Å². The van der Waals surface area contributed by atoms with Gasteiger partial charge in [0.1, 0.15) is 13.2 Å². The highest BCUT2D eigenvalue weighted by Gasteiger charge is 2.62. The summed E-state index contributed by atoms with van der Waals surface area (Å²) in [7, 11) is 0. The number of hydrogen-bond donors (Lipinski definition) is 0. The first-order valence-corrected chi connectivity index (χ1v) is 13.5. The topological polar surface area (TPSA) is 76.2 Å². The fraction of sp³-hybridized carbons (Fsp3) is 0.387. The normalized spacial score (nSPS) is 21.9. The second-order valence-corrected chi connectivity index (χ2v) is 11.1. The Morgan fingerprint density at radius 2 is 1.00 bits per heavy atom. The summed E-state index contributed by atoms with van der Waals surface area (Å²) in [4.78, 5) is 43.4. The van der Waals surface area contributed by atoms with Gasteiger partial charge in [-0.2, -0.15) is 26.3 Å². The molecule has 236 valence electrons. The van der Waals surface area contributed by atoms with Crippen LogP contribution in [-0.4, -0.2) is 67.2 Å². The number of carbonyl (C=O) groups is 3. The van der Waals surface area contributed by atoms with Gasteiger partial charge in [0.2, 0.25) is 0 Å². The summed E-state index contributed by atoms with van der Waals surface area (Å²) in [6.07, 6.45) is -8.33. The Kier molecular flexibility index (Phi) is 9.17. The van der Waals surface area contributed by atoms with Crippen LogP contribution in [0.5, 0.6) is 0 Å². The third kappa shape index (κ3) is 6.92. The quantitative estimate of drug-likeness (QED) is 0.254. The number of amides is 2. The van der Waals surface area contributed by atoms with E-state index in [0.29, 0.717) is 11.1 Å². The van der Waals surface area contributed by atoms with Gasteiger partial charge in [0, 0.05) is 26.2 Å². The van der Waals surface area contributed by atoms with E-state index >= 15 is 0 Å². The predicted molar refractivity (Wildman–Crippen MR) is 146 cm³/mol. The zero-order chi connectivity index (χ0) is 32.3. The van der Waals surface area contributed by atoms with Gasteiger partial charge in [-0.1, -0.05) is 49.6 Å². The summed E-state index contributed by atoms with van der Waals surface area (Å²) in [6, 6.07) is 8.43. The maximum Gasteiger partial charge on any atom is 0.416 e. The number of piperidine rings is 2. The average molecular weight is 625 g/mol. The van der Waals surface area contributed by atoms with Gasteiger partial charge in [-0.25, -0.2) is 9.59 Å². The molecule has 2 aliphatic heterocycles.